The van der Waals surface area contributed by atoms with Gasteiger partial charge in [-0.1, -0.05) is 54.6 Å². The summed E-state index contributed by atoms with van der Waals surface area (Å²) >= 11 is 0. The van der Waals surface area contributed by atoms with Crippen molar-refractivity contribution in [3.63, 3.8) is 0 Å². The Labute approximate surface area is 157 Å². The Balaban J connectivity index is 1.81. The van der Waals surface area contributed by atoms with Crippen molar-refractivity contribution >= 4 is 0 Å². The fourth-order valence-electron chi connectivity index (χ4n) is 3.24. The van der Waals surface area contributed by atoms with Crippen molar-refractivity contribution in [3.05, 3.63) is 94.9 Å². The van der Waals surface area contributed by atoms with Crippen LogP contribution in [0.3, 0.4) is 0 Å². The van der Waals surface area contributed by atoms with Gasteiger partial charge in [0.05, 0.1) is 0 Å². The van der Waals surface area contributed by atoms with Crippen molar-refractivity contribution < 1.29 is 0 Å². The van der Waals surface area contributed by atoms with E-state index in [1.165, 1.54) is 0 Å². The maximum atomic E-state index is 12.5. The lowest BCUT2D eigenvalue weighted by molar-refractivity contribution is 0.935. The summed E-state index contributed by atoms with van der Waals surface area (Å²) < 4.78 is 1.90. The zero-order valence-corrected chi connectivity index (χ0v) is 14.8. The summed E-state index contributed by atoms with van der Waals surface area (Å²) in [5.74, 6) is 0. The molecular formula is C23H17N3O. The SMILES string of the molecule is Cn1cccc1-c1cc(-c2ccc(-c3ccccc3)cc2)[nH]c(=O)c1C#N. The molecule has 0 spiro atoms. The predicted molar refractivity (Wildman–Crippen MR) is 107 cm³/mol. The fourth-order valence-corrected chi connectivity index (χ4v) is 3.24. The van der Waals surface area contributed by atoms with Gasteiger partial charge in [0.1, 0.15) is 11.6 Å². The second kappa shape index (κ2) is 6.81. The summed E-state index contributed by atoms with van der Waals surface area (Å²) in [7, 11) is 1.89. The van der Waals surface area contributed by atoms with Crippen molar-refractivity contribution in [2.24, 2.45) is 7.05 Å². The van der Waals surface area contributed by atoms with E-state index < -0.39 is 0 Å². The van der Waals surface area contributed by atoms with Crippen molar-refractivity contribution in [1.29, 1.82) is 5.26 Å². The molecule has 4 nitrogen and oxygen atoms in total. The van der Waals surface area contributed by atoms with Crippen LogP contribution in [0.25, 0.3) is 33.6 Å². The van der Waals surface area contributed by atoms with Gasteiger partial charge in [-0.15, -0.1) is 0 Å². The van der Waals surface area contributed by atoms with Crippen LogP contribution in [0.5, 0.6) is 0 Å². The molecule has 2 heterocycles. The summed E-state index contributed by atoms with van der Waals surface area (Å²) in [4.78, 5) is 15.3. The van der Waals surface area contributed by atoms with E-state index in [1.807, 2.05) is 84.5 Å². The fraction of sp³-hybridized carbons (Fsp3) is 0.0435. The molecular weight excluding hydrogens is 334 g/mol. The minimum absolute atomic E-state index is 0.126. The van der Waals surface area contributed by atoms with Gasteiger partial charge in [-0.3, -0.25) is 4.79 Å². The Bertz CT molecular complexity index is 1190. The number of aromatic amines is 1. The van der Waals surface area contributed by atoms with E-state index >= 15 is 0 Å². The first-order valence-electron chi connectivity index (χ1n) is 8.62. The van der Waals surface area contributed by atoms with Gasteiger partial charge in [-0.05, 0) is 34.9 Å². The Morgan fingerprint density at radius 3 is 2.19 bits per heavy atom. The second-order valence-corrected chi connectivity index (χ2v) is 6.36. The van der Waals surface area contributed by atoms with Crippen LogP contribution < -0.4 is 5.56 Å². The number of H-pyrrole nitrogens is 1. The number of nitrogens with zero attached hydrogens (tertiary/aromatic N) is 2. The number of aryl methyl sites for hydroxylation is 1. The third kappa shape index (κ3) is 3.07. The summed E-state index contributed by atoms with van der Waals surface area (Å²) in [6.45, 7) is 0. The molecule has 4 rings (SSSR count). The first-order valence-corrected chi connectivity index (χ1v) is 8.62. The van der Waals surface area contributed by atoms with Crippen LogP contribution >= 0.6 is 0 Å². The van der Waals surface area contributed by atoms with Crippen molar-refractivity contribution in [2.75, 3.05) is 0 Å². The molecule has 0 bridgehead atoms. The van der Waals surface area contributed by atoms with Crippen molar-refractivity contribution in [3.8, 4) is 39.7 Å². The van der Waals surface area contributed by atoms with Gasteiger partial charge in [0.15, 0.2) is 0 Å². The monoisotopic (exact) mass is 351 g/mol. The Kier molecular flexibility index (Phi) is 4.19. The van der Waals surface area contributed by atoms with E-state index in [1.54, 1.807) is 0 Å². The number of hydrogen-bond donors (Lipinski definition) is 1. The van der Waals surface area contributed by atoms with Crippen LogP contribution in [0.2, 0.25) is 0 Å². The second-order valence-electron chi connectivity index (χ2n) is 6.36. The molecule has 0 unspecified atom stereocenters. The van der Waals surface area contributed by atoms with E-state index in [2.05, 4.69) is 17.1 Å². The van der Waals surface area contributed by atoms with E-state index in [9.17, 15) is 10.1 Å². The van der Waals surface area contributed by atoms with Crippen LogP contribution in [0.15, 0.2) is 83.8 Å². The third-order valence-corrected chi connectivity index (χ3v) is 4.67. The van der Waals surface area contributed by atoms with E-state index in [-0.39, 0.29) is 11.1 Å². The zero-order chi connectivity index (χ0) is 18.8. The molecule has 0 saturated heterocycles. The number of pyridine rings is 1. The topological polar surface area (TPSA) is 61.6 Å². The number of hydrogen-bond acceptors (Lipinski definition) is 2. The largest absolute Gasteiger partial charge is 0.351 e. The van der Waals surface area contributed by atoms with E-state index in [0.717, 1.165) is 22.4 Å². The molecule has 0 aliphatic rings. The zero-order valence-electron chi connectivity index (χ0n) is 14.8. The maximum Gasteiger partial charge on any atom is 0.267 e. The normalized spacial score (nSPS) is 10.5. The van der Waals surface area contributed by atoms with Crippen molar-refractivity contribution in [2.45, 2.75) is 0 Å². The minimum Gasteiger partial charge on any atom is -0.351 e. The molecule has 0 atom stereocenters. The molecule has 0 amide bonds. The van der Waals surface area contributed by atoms with Gasteiger partial charge in [0.2, 0.25) is 0 Å². The van der Waals surface area contributed by atoms with Crippen LogP contribution in [0.1, 0.15) is 5.56 Å². The molecule has 4 aromatic rings. The molecule has 1 N–H and O–H groups in total. The summed E-state index contributed by atoms with van der Waals surface area (Å²) in [5.41, 5.74) is 5.05. The van der Waals surface area contributed by atoms with E-state index in [4.69, 9.17) is 0 Å². The molecule has 2 aromatic heterocycles. The maximum absolute atomic E-state index is 12.5. The number of nitrogens with one attached hydrogen (secondary N) is 1. The van der Waals surface area contributed by atoms with Gasteiger partial charge in [0.25, 0.3) is 5.56 Å². The summed E-state index contributed by atoms with van der Waals surface area (Å²) in [6.07, 6.45) is 1.89. The smallest absolute Gasteiger partial charge is 0.267 e. The molecule has 0 radical (unpaired) electrons. The van der Waals surface area contributed by atoms with Crippen LogP contribution in [-0.4, -0.2) is 9.55 Å². The highest BCUT2D eigenvalue weighted by molar-refractivity contribution is 5.75. The highest BCUT2D eigenvalue weighted by atomic mass is 16.1. The number of aromatic nitrogens is 2. The molecule has 0 fully saturated rings. The predicted octanol–water partition coefficient (Wildman–Crippen LogP) is 4.59. The van der Waals surface area contributed by atoms with Gasteiger partial charge < -0.3 is 9.55 Å². The quantitative estimate of drug-likeness (QED) is 0.587. The van der Waals surface area contributed by atoms with Crippen LogP contribution in [-0.2, 0) is 7.05 Å². The Morgan fingerprint density at radius 1 is 0.889 bits per heavy atom. The van der Waals surface area contributed by atoms with Crippen LogP contribution in [0, 0.1) is 11.3 Å². The summed E-state index contributed by atoms with van der Waals surface area (Å²) in [5, 5.41) is 9.43. The molecule has 27 heavy (non-hydrogen) atoms. The lowest BCUT2D eigenvalue weighted by Crippen LogP contribution is -2.13. The van der Waals surface area contributed by atoms with Crippen molar-refractivity contribution in [1.82, 2.24) is 9.55 Å². The van der Waals surface area contributed by atoms with E-state index in [0.29, 0.717) is 11.3 Å². The standard InChI is InChI=1S/C23H17N3O/c1-26-13-5-8-22(26)19-14-21(25-23(27)20(19)15-24)18-11-9-17(10-12-18)16-6-3-2-4-7-16/h2-14H,1H3,(H,25,27). The molecule has 4 heteroatoms. The number of rotatable bonds is 3. The third-order valence-electron chi connectivity index (χ3n) is 4.67. The average Bonchev–Trinajstić information content (AvgIpc) is 3.14. The minimum atomic E-state index is -0.377. The molecule has 0 aliphatic heterocycles. The number of benzene rings is 2. The van der Waals surface area contributed by atoms with Gasteiger partial charge in [-0.25, -0.2) is 0 Å². The summed E-state index contributed by atoms with van der Waals surface area (Å²) in [6, 6.07) is 25.8. The molecule has 2 aromatic carbocycles. The highest BCUT2D eigenvalue weighted by Gasteiger charge is 2.14. The number of nitriles is 1. The Hall–Kier alpha value is -3.84. The van der Waals surface area contributed by atoms with Gasteiger partial charge >= 0.3 is 0 Å². The van der Waals surface area contributed by atoms with Crippen LogP contribution in [0.4, 0.5) is 0 Å². The van der Waals surface area contributed by atoms with Gasteiger partial charge in [0, 0.05) is 30.2 Å². The highest BCUT2D eigenvalue weighted by Crippen LogP contribution is 2.28. The molecule has 0 aliphatic carbocycles. The first kappa shape index (κ1) is 16.6. The molecule has 130 valence electrons. The Morgan fingerprint density at radius 2 is 1.56 bits per heavy atom. The molecule has 0 saturated carbocycles. The average molecular weight is 351 g/mol. The first-order chi connectivity index (χ1) is 13.2. The lowest BCUT2D eigenvalue weighted by Gasteiger charge is -2.10. The van der Waals surface area contributed by atoms with Gasteiger partial charge in [-0.2, -0.15) is 5.26 Å². The lowest BCUT2D eigenvalue weighted by atomic mass is 10.0.